The zero-order chi connectivity index (χ0) is 22.0. The van der Waals surface area contributed by atoms with Crippen molar-refractivity contribution in [3.8, 4) is 11.5 Å². The second kappa shape index (κ2) is 8.73. The van der Waals surface area contributed by atoms with Crippen LogP contribution in [-0.2, 0) is 4.79 Å². The van der Waals surface area contributed by atoms with Gasteiger partial charge in [0.2, 0.25) is 5.91 Å². The topological polar surface area (TPSA) is 59.1 Å². The van der Waals surface area contributed by atoms with Gasteiger partial charge in [-0.1, -0.05) is 18.2 Å². The zero-order valence-electron chi connectivity index (χ0n) is 17.9. The summed E-state index contributed by atoms with van der Waals surface area (Å²) in [7, 11) is 4.58. The smallest absolute Gasteiger partial charge is 0.254 e. The maximum absolute atomic E-state index is 14.8. The lowest BCUT2D eigenvalue weighted by Gasteiger charge is -2.41. The molecule has 2 aromatic rings. The number of halogens is 1. The van der Waals surface area contributed by atoms with Gasteiger partial charge in [0.25, 0.3) is 5.91 Å². The molecule has 0 N–H and O–H groups in total. The molecule has 0 radical (unpaired) electrons. The molecular weight excluding hydrogens is 387 g/mol. The molecule has 160 valence electrons. The molecule has 1 heterocycles. The number of carbonyl (C=O) groups excluding carboxylic acids is 2. The summed E-state index contributed by atoms with van der Waals surface area (Å²) in [6, 6.07) is 8.74. The lowest BCUT2D eigenvalue weighted by molar-refractivity contribution is -0.134. The SMILES string of the molecule is CCN(CC)C(=O)[C@H]1c2cc(OC)c(OC)cc2C(=O)N(C)[C@@H]1c1ccccc1F. The van der Waals surface area contributed by atoms with Gasteiger partial charge in [-0.25, -0.2) is 4.39 Å². The average molecular weight is 414 g/mol. The number of rotatable bonds is 6. The Morgan fingerprint density at radius 1 is 1.07 bits per heavy atom. The first kappa shape index (κ1) is 21.6. The molecule has 6 nitrogen and oxygen atoms in total. The van der Waals surface area contributed by atoms with Gasteiger partial charge < -0.3 is 19.3 Å². The van der Waals surface area contributed by atoms with Gasteiger partial charge >= 0.3 is 0 Å². The van der Waals surface area contributed by atoms with Crippen LogP contribution in [-0.4, -0.2) is 56.0 Å². The van der Waals surface area contributed by atoms with Crippen molar-refractivity contribution < 1.29 is 23.5 Å². The van der Waals surface area contributed by atoms with Crippen LogP contribution in [0.2, 0.25) is 0 Å². The fourth-order valence-corrected chi connectivity index (χ4v) is 4.15. The molecule has 0 fully saturated rings. The van der Waals surface area contributed by atoms with Crippen molar-refractivity contribution in [3.63, 3.8) is 0 Å². The molecule has 0 aliphatic carbocycles. The largest absolute Gasteiger partial charge is 0.493 e. The van der Waals surface area contributed by atoms with Crippen molar-refractivity contribution in [2.75, 3.05) is 34.4 Å². The van der Waals surface area contributed by atoms with Gasteiger partial charge in [0, 0.05) is 31.3 Å². The number of likely N-dealkylation sites (N-methyl/N-ethyl adjacent to an activating group) is 2. The zero-order valence-corrected chi connectivity index (χ0v) is 17.9. The molecule has 30 heavy (non-hydrogen) atoms. The third kappa shape index (κ3) is 3.49. The number of nitrogens with zero attached hydrogens (tertiary/aromatic N) is 2. The van der Waals surface area contributed by atoms with Crippen molar-refractivity contribution in [1.29, 1.82) is 0 Å². The van der Waals surface area contributed by atoms with E-state index < -0.39 is 17.8 Å². The lowest BCUT2D eigenvalue weighted by Crippen LogP contribution is -2.47. The van der Waals surface area contributed by atoms with Crippen LogP contribution in [0.25, 0.3) is 0 Å². The van der Waals surface area contributed by atoms with Gasteiger partial charge in [0.1, 0.15) is 5.82 Å². The predicted molar refractivity (Wildman–Crippen MR) is 111 cm³/mol. The van der Waals surface area contributed by atoms with Crippen LogP contribution in [0.3, 0.4) is 0 Å². The Kier molecular flexibility index (Phi) is 6.29. The summed E-state index contributed by atoms with van der Waals surface area (Å²) < 4.78 is 25.6. The van der Waals surface area contributed by atoms with Crippen LogP contribution in [0.4, 0.5) is 4.39 Å². The van der Waals surface area contributed by atoms with Crippen molar-refractivity contribution in [3.05, 3.63) is 58.9 Å². The first-order valence-electron chi connectivity index (χ1n) is 9.95. The first-order valence-corrected chi connectivity index (χ1v) is 9.95. The summed E-state index contributed by atoms with van der Waals surface area (Å²) in [6.07, 6.45) is 0. The predicted octanol–water partition coefficient (Wildman–Crippen LogP) is 3.62. The normalized spacial score (nSPS) is 18.1. The third-order valence-electron chi connectivity index (χ3n) is 5.74. The summed E-state index contributed by atoms with van der Waals surface area (Å²) in [5.41, 5.74) is 1.17. The van der Waals surface area contributed by atoms with Crippen LogP contribution in [0.15, 0.2) is 36.4 Å². The monoisotopic (exact) mass is 414 g/mol. The van der Waals surface area contributed by atoms with E-state index in [0.717, 1.165) is 0 Å². The number of amides is 2. The molecule has 0 saturated heterocycles. The van der Waals surface area contributed by atoms with Crippen molar-refractivity contribution >= 4 is 11.8 Å². The molecule has 0 spiro atoms. The van der Waals surface area contributed by atoms with E-state index in [4.69, 9.17) is 9.47 Å². The second-order valence-corrected chi connectivity index (χ2v) is 7.17. The fraction of sp³-hybridized carbons (Fsp3) is 0.391. The van der Waals surface area contributed by atoms with Gasteiger partial charge in [-0.2, -0.15) is 0 Å². The molecule has 2 aromatic carbocycles. The Bertz CT molecular complexity index is 958. The van der Waals surface area contributed by atoms with Crippen LogP contribution < -0.4 is 9.47 Å². The van der Waals surface area contributed by atoms with Crippen LogP contribution in [0.5, 0.6) is 11.5 Å². The highest BCUT2D eigenvalue weighted by Gasteiger charge is 2.45. The standard InChI is InChI=1S/C23H27FN2O4/c1-6-26(7-2)23(28)20-15-12-18(29-4)19(30-5)13-16(15)22(27)25(3)21(20)14-10-8-9-11-17(14)24/h8-13,20-21H,6-7H2,1-5H3/t20-,21+/m0/s1. The van der Waals surface area contributed by atoms with Gasteiger partial charge in [-0.3, -0.25) is 9.59 Å². The van der Waals surface area contributed by atoms with Crippen molar-refractivity contribution in [2.24, 2.45) is 0 Å². The summed E-state index contributed by atoms with van der Waals surface area (Å²) in [5.74, 6) is -0.888. The molecule has 7 heteroatoms. The van der Waals surface area contributed by atoms with Crippen molar-refractivity contribution in [1.82, 2.24) is 9.80 Å². The van der Waals surface area contributed by atoms with E-state index in [1.165, 1.54) is 25.2 Å². The molecular formula is C23H27FN2O4. The summed E-state index contributed by atoms with van der Waals surface area (Å²) >= 11 is 0. The van der Waals surface area contributed by atoms with Crippen LogP contribution in [0, 0.1) is 5.82 Å². The average Bonchev–Trinajstić information content (AvgIpc) is 2.76. The van der Waals surface area contributed by atoms with E-state index >= 15 is 0 Å². The summed E-state index contributed by atoms with van der Waals surface area (Å²) in [4.78, 5) is 30.0. The quantitative estimate of drug-likeness (QED) is 0.725. The number of carbonyl (C=O) groups is 2. The second-order valence-electron chi connectivity index (χ2n) is 7.17. The number of ether oxygens (including phenoxy) is 2. The maximum Gasteiger partial charge on any atom is 0.254 e. The Morgan fingerprint density at radius 2 is 1.67 bits per heavy atom. The molecule has 1 aliphatic rings. The first-order chi connectivity index (χ1) is 14.4. The van der Waals surface area contributed by atoms with E-state index in [1.54, 1.807) is 42.3 Å². The van der Waals surface area contributed by atoms with Gasteiger partial charge in [-0.05, 0) is 37.6 Å². The number of benzene rings is 2. The minimum atomic E-state index is -0.780. The highest BCUT2D eigenvalue weighted by Crippen LogP contribution is 2.46. The van der Waals surface area contributed by atoms with Gasteiger partial charge in [0.15, 0.2) is 11.5 Å². The lowest BCUT2D eigenvalue weighted by atomic mass is 9.78. The Morgan fingerprint density at radius 3 is 2.23 bits per heavy atom. The van der Waals surface area contributed by atoms with E-state index in [9.17, 15) is 14.0 Å². The summed E-state index contributed by atoms with van der Waals surface area (Å²) in [5, 5.41) is 0. The molecule has 0 bridgehead atoms. The minimum Gasteiger partial charge on any atom is -0.493 e. The molecule has 0 aromatic heterocycles. The van der Waals surface area contributed by atoms with E-state index in [-0.39, 0.29) is 11.8 Å². The Balaban J connectivity index is 2.30. The molecule has 1 aliphatic heterocycles. The highest BCUT2D eigenvalue weighted by molar-refractivity contribution is 6.02. The molecule has 0 saturated carbocycles. The number of fused-ring (bicyclic) bond motifs is 1. The van der Waals surface area contributed by atoms with E-state index in [2.05, 4.69) is 0 Å². The van der Waals surface area contributed by atoms with Crippen LogP contribution >= 0.6 is 0 Å². The van der Waals surface area contributed by atoms with Crippen LogP contribution in [0.1, 0.15) is 47.3 Å². The fourth-order valence-electron chi connectivity index (χ4n) is 4.15. The molecule has 0 unspecified atom stereocenters. The minimum absolute atomic E-state index is 0.166. The Labute approximate surface area is 176 Å². The van der Waals surface area contributed by atoms with Gasteiger partial charge in [0.05, 0.1) is 26.2 Å². The third-order valence-corrected chi connectivity index (χ3v) is 5.74. The molecule has 3 rings (SSSR count). The summed E-state index contributed by atoms with van der Waals surface area (Å²) in [6.45, 7) is 4.81. The van der Waals surface area contributed by atoms with Crippen molar-refractivity contribution in [2.45, 2.75) is 25.8 Å². The molecule has 2 amide bonds. The van der Waals surface area contributed by atoms with Gasteiger partial charge in [-0.15, -0.1) is 0 Å². The number of hydrogen-bond acceptors (Lipinski definition) is 4. The van der Waals surface area contributed by atoms with E-state index in [1.807, 2.05) is 13.8 Å². The maximum atomic E-state index is 14.8. The number of methoxy groups -OCH3 is 2. The molecule has 2 atom stereocenters. The van der Waals surface area contributed by atoms with E-state index in [0.29, 0.717) is 41.3 Å². The number of hydrogen-bond donors (Lipinski definition) is 0. The highest BCUT2D eigenvalue weighted by atomic mass is 19.1. The Hall–Kier alpha value is -3.09.